The average molecular weight is 265 g/mol. The fourth-order valence-electron chi connectivity index (χ4n) is 1.74. The van der Waals surface area contributed by atoms with Crippen LogP contribution in [0.4, 0.5) is 10.5 Å². The number of nitrogens with one attached hydrogen (secondary N) is 1. The molecule has 0 bridgehead atoms. The topological polar surface area (TPSA) is 83.5 Å². The van der Waals surface area contributed by atoms with E-state index in [1.807, 2.05) is 6.07 Å². The molecule has 0 saturated carbocycles. The second-order valence-corrected chi connectivity index (χ2v) is 4.80. The van der Waals surface area contributed by atoms with Gasteiger partial charge in [-0.15, -0.1) is 0 Å². The summed E-state index contributed by atoms with van der Waals surface area (Å²) in [7, 11) is -2.46. The number of thiol groups is 1. The molecule has 0 fully saturated rings. The lowest BCUT2D eigenvalue weighted by Crippen LogP contribution is -2.06. The first-order valence-electron chi connectivity index (χ1n) is 5.19. The summed E-state index contributed by atoms with van der Waals surface area (Å²) >= 11 is 0. The van der Waals surface area contributed by atoms with Crippen molar-refractivity contribution in [3.8, 4) is 0 Å². The highest BCUT2D eigenvalue weighted by Crippen LogP contribution is 2.21. The van der Waals surface area contributed by atoms with E-state index in [4.69, 9.17) is 5.11 Å². The molecule has 0 heterocycles. The number of amides is 1. The van der Waals surface area contributed by atoms with Gasteiger partial charge in [-0.25, -0.2) is 13.2 Å². The van der Waals surface area contributed by atoms with E-state index in [-0.39, 0.29) is 5.75 Å². The summed E-state index contributed by atoms with van der Waals surface area (Å²) in [6.07, 6.45) is -1.13. The minimum Gasteiger partial charge on any atom is -0.465 e. The molecule has 1 amide bonds. The van der Waals surface area contributed by atoms with Crippen LogP contribution >= 0.6 is 0 Å². The Balaban J connectivity index is 2.42. The van der Waals surface area contributed by atoms with Crippen LogP contribution < -0.4 is 5.32 Å². The van der Waals surface area contributed by atoms with Gasteiger partial charge in [-0.1, -0.05) is 24.3 Å². The van der Waals surface area contributed by atoms with E-state index in [0.717, 1.165) is 10.8 Å². The molecule has 0 saturated heterocycles. The monoisotopic (exact) mass is 265 g/mol. The lowest BCUT2D eigenvalue weighted by Gasteiger charge is -2.04. The number of hydrogen-bond donors (Lipinski definition) is 3. The zero-order valence-electron chi connectivity index (χ0n) is 9.29. The van der Waals surface area contributed by atoms with Crippen LogP contribution in [0.2, 0.25) is 0 Å². The second kappa shape index (κ2) is 5.05. The summed E-state index contributed by atoms with van der Waals surface area (Å²) < 4.78 is 21.3. The molecule has 0 aliphatic rings. The molecular weight excluding hydrogens is 254 g/mol. The molecule has 5 nitrogen and oxygen atoms in total. The maximum Gasteiger partial charge on any atom is 0.409 e. The highest BCUT2D eigenvalue weighted by molar-refractivity contribution is 7.71. The van der Waals surface area contributed by atoms with Crippen molar-refractivity contribution in [1.29, 1.82) is 0 Å². The van der Waals surface area contributed by atoms with Crippen molar-refractivity contribution in [3.63, 3.8) is 0 Å². The van der Waals surface area contributed by atoms with Crippen molar-refractivity contribution in [1.82, 2.24) is 0 Å². The Morgan fingerprint density at radius 3 is 2.50 bits per heavy atom. The van der Waals surface area contributed by atoms with E-state index in [1.165, 1.54) is 0 Å². The van der Waals surface area contributed by atoms with E-state index >= 15 is 0 Å². The number of benzene rings is 2. The van der Waals surface area contributed by atoms with Crippen molar-refractivity contribution in [2.24, 2.45) is 0 Å². The van der Waals surface area contributed by atoms with Crippen molar-refractivity contribution in [2.45, 2.75) is 5.75 Å². The van der Waals surface area contributed by atoms with Crippen molar-refractivity contribution in [2.75, 3.05) is 5.32 Å². The molecule has 18 heavy (non-hydrogen) atoms. The van der Waals surface area contributed by atoms with Gasteiger partial charge >= 0.3 is 6.09 Å². The van der Waals surface area contributed by atoms with Crippen LogP contribution in [-0.4, -0.2) is 19.6 Å². The molecule has 0 atom stereocenters. The third-order valence-corrected chi connectivity index (χ3v) is 3.09. The minimum absolute atomic E-state index is 0.0120. The second-order valence-electron chi connectivity index (χ2n) is 3.82. The number of fused-ring (bicyclic) bond motifs is 1. The van der Waals surface area contributed by atoms with Crippen LogP contribution in [0.25, 0.3) is 10.8 Å². The first-order chi connectivity index (χ1) is 8.54. The van der Waals surface area contributed by atoms with Crippen LogP contribution in [0.3, 0.4) is 0 Å². The smallest absolute Gasteiger partial charge is 0.409 e. The normalized spacial score (nSPS) is 10.7. The van der Waals surface area contributed by atoms with Gasteiger partial charge in [0.2, 0.25) is 0 Å². The molecule has 2 N–H and O–H groups in total. The number of hydrogen-bond acceptors (Lipinski definition) is 3. The zero-order valence-corrected chi connectivity index (χ0v) is 10.2. The predicted octanol–water partition coefficient (Wildman–Crippen LogP) is 2.04. The van der Waals surface area contributed by atoms with Gasteiger partial charge in [0.15, 0.2) is 0 Å². The lowest BCUT2D eigenvalue weighted by molar-refractivity contribution is 0.210. The third-order valence-electron chi connectivity index (χ3n) is 2.47. The van der Waals surface area contributed by atoms with Crippen LogP contribution in [0.1, 0.15) is 5.56 Å². The van der Waals surface area contributed by atoms with Gasteiger partial charge in [-0.3, -0.25) is 5.32 Å². The molecule has 2 aromatic rings. The predicted molar refractivity (Wildman–Crippen MR) is 69.6 cm³/mol. The standard InChI is InChI=1S/C12H11NO4S/c14-12(15)13-11-4-3-9-2-1-8(7-18(16)17)5-10(9)6-11/h1-6,13,18H,7H2,(H,14,15). The molecule has 0 radical (unpaired) electrons. The largest absolute Gasteiger partial charge is 0.465 e. The maximum absolute atomic E-state index is 10.7. The van der Waals surface area contributed by atoms with Crippen LogP contribution in [0.15, 0.2) is 36.4 Å². The lowest BCUT2D eigenvalue weighted by atomic mass is 10.1. The summed E-state index contributed by atoms with van der Waals surface area (Å²) in [5.41, 5.74) is 1.14. The summed E-state index contributed by atoms with van der Waals surface area (Å²) in [5, 5.41) is 12.6. The minimum atomic E-state index is -2.46. The van der Waals surface area contributed by atoms with Gasteiger partial charge < -0.3 is 5.11 Å². The van der Waals surface area contributed by atoms with E-state index in [0.29, 0.717) is 11.3 Å². The quantitative estimate of drug-likeness (QED) is 0.741. The molecular formula is C12H11NO4S. The van der Waals surface area contributed by atoms with Crippen LogP contribution in [0, 0.1) is 0 Å². The number of rotatable bonds is 3. The highest BCUT2D eigenvalue weighted by atomic mass is 32.2. The summed E-state index contributed by atoms with van der Waals surface area (Å²) in [4.78, 5) is 10.5. The fourth-order valence-corrected chi connectivity index (χ4v) is 2.24. The maximum atomic E-state index is 10.7. The molecule has 6 heteroatoms. The van der Waals surface area contributed by atoms with Crippen molar-refractivity contribution < 1.29 is 18.3 Å². The SMILES string of the molecule is O=C(O)Nc1ccc2ccc(C[SH](=O)=O)cc2c1. The van der Waals surface area contributed by atoms with Gasteiger partial charge in [0.1, 0.15) is 10.7 Å². The Kier molecular flexibility index (Phi) is 3.47. The molecule has 0 aliphatic carbocycles. The van der Waals surface area contributed by atoms with E-state index < -0.39 is 16.8 Å². The highest BCUT2D eigenvalue weighted by Gasteiger charge is 2.01. The number of carboxylic acid groups (broad SMARTS) is 1. The van der Waals surface area contributed by atoms with E-state index in [9.17, 15) is 13.2 Å². The molecule has 2 aromatic carbocycles. The summed E-state index contributed by atoms with van der Waals surface area (Å²) in [5.74, 6) is -0.0120. The van der Waals surface area contributed by atoms with Gasteiger partial charge in [-0.05, 0) is 28.5 Å². The zero-order chi connectivity index (χ0) is 13.1. The molecule has 0 aliphatic heterocycles. The molecule has 2 rings (SSSR count). The third kappa shape index (κ3) is 2.98. The molecule has 0 aromatic heterocycles. The first kappa shape index (κ1) is 12.4. The Bertz CT molecular complexity index is 671. The van der Waals surface area contributed by atoms with Gasteiger partial charge in [0.25, 0.3) is 0 Å². The van der Waals surface area contributed by atoms with Crippen LogP contribution in [0.5, 0.6) is 0 Å². The average Bonchev–Trinajstić information content (AvgIpc) is 2.26. The summed E-state index contributed by atoms with van der Waals surface area (Å²) in [6.45, 7) is 0. The molecule has 94 valence electrons. The molecule has 0 unspecified atom stereocenters. The summed E-state index contributed by atoms with van der Waals surface area (Å²) in [6, 6.07) is 10.4. The van der Waals surface area contributed by atoms with Gasteiger partial charge in [0.05, 0.1) is 5.75 Å². The fraction of sp³-hybridized carbons (Fsp3) is 0.0833. The van der Waals surface area contributed by atoms with Crippen molar-refractivity contribution in [3.05, 3.63) is 42.0 Å². The first-order valence-corrected chi connectivity index (χ1v) is 6.55. The van der Waals surface area contributed by atoms with Crippen LogP contribution in [-0.2, 0) is 16.5 Å². The van der Waals surface area contributed by atoms with Crippen molar-refractivity contribution >= 4 is 33.3 Å². The Morgan fingerprint density at radius 1 is 1.11 bits per heavy atom. The number of carbonyl (C=O) groups is 1. The van der Waals surface area contributed by atoms with E-state index in [2.05, 4.69) is 5.32 Å². The van der Waals surface area contributed by atoms with Gasteiger partial charge in [0, 0.05) is 5.69 Å². The number of anilines is 1. The Hall–Kier alpha value is -2.08. The Morgan fingerprint density at radius 2 is 1.83 bits per heavy atom. The Labute approximate surface area is 105 Å². The van der Waals surface area contributed by atoms with E-state index in [1.54, 1.807) is 30.3 Å². The molecule has 0 spiro atoms. The van der Waals surface area contributed by atoms with Gasteiger partial charge in [-0.2, -0.15) is 0 Å².